The Morgan fingerprint density at radius 3 is 2.29 bits per heavy atom. The number of anilines is 1. The summed E-state index contributed by atoms with van der Waals surface area (Å²) < 4.78 is 14.8. The van der Waals surface area contributed by atoms with Gasteiger partial charge in [0.25, 0.3) is 0 Å². The van der Waals surface area contributed by atoms with E-state index in [0.717, 1.165) is 27.8 Å². The average Bonchev–Trinajstić information content (AvgIpc) is 3.36. The van der Waals surface area contributed by atoms with Gasteiger partial charge in [0.1, 0.15) is 5.75 Å². The summed E-state index contributed by atoms with van der Waals surface area (Å²) >= 11 is 26.6. The summed E-state index contributed by atoms with van der Waals surface area (Å²) in [7, 11) is 3.89. The minimum atomic E-state index is -1.51. The van der Waals surface area contributed by atoms with E-state index in [9.17, 15) is 4.79 Å². The minimum Gasteiger partial charge on any atom is -0.493 e. The lowest BCUT2D eigenvalue weighted by molar-refractivity contribution is 0.0246. The zero-order valence-electron chi connectivity index (χ0n) is 21.6. The number of aryl methyl sites for hydroxylation is 1. The van der Waals surface area contributed by atoms with Crippen LogP contribution < -0.4 is 9.64 Å². The van der Waals surface area contributed by atoms with Crippen LogP contribution in [-0.2, 0) is 16.9 Å². The summed E-state index contributed by atoms with van der Waals surface area (Å²) in [4.78, 5) is 15.7. The Labute approximate surface area is 241 Å². The molecule has 0 N–H and O–H groups in total. The summed E-state index contributed by atoms with van der Waals surface area (Å²) in [5.41, 5.74) is 3.13. The number of carbonyl (C=O) groups is 1. The quantitative estimate of drug-likeness (QED) is 0.128. The highest BCUT2D eigenvalue weighted by Crippen LogP contribution is 2.58. The van der Waals surface area contributed by atoms with E-state index in [1.165, 1.54) is 0 Å². The second kappa shape index (κ2) is 9.87. The van der Waals surface area contributed by atoms with Crippen LogP contribution >= 0.6 is 46.4 Å². The van der Waals surface area contributed by atoms with Gasteiger partial charge in [-0.25, -0.2) is 4.79 Å². The van der Waals surface area contributed by atoms with Gasteiger partial charge >= 0.3 is 5.97 Å². The Morgan fingerprint density at radius 1 is 0.947 bits per heavy atom. The number of hydrogen-bond acceptors (Lipinski definition) is 4. The number of rotatable bonds is 6. The predicted molar refractivity (Wildman–Crippen MR) is 156 cm³/mol. The molecule has 4 aromatic rings. The zero-order valence-corrected chi connectivity index (χ0v) is 24.6. The van der Waals surface area contributed by atoms with Crippen molar-refractivity contribution in [2.24, 2.45) is 0 Å². The average molecular weight is 592 g/mol. The van der Waals surface area contributed by atoms with E-state index in [-0.39, 0.29) is 25.7 Å². The Hall–Kier alpha value is -2.57. The van der Waals surface area contributed by atoms with Crippen LogP contribution in [0.4, 0.5) is 5.69 Å². The van der Waals surface area contributed by atoms with Crippen molar-refractivity contribution in [2.45, 2.75) is 32.9 Å². The highest BCUT2D eigenvalue weighted by molar-refractivity contribution is 6.53. The van der Waals surface area contributed by atoms with Crippen molar-refractivity contribution in [3.63, 3.8) is 0 Å². The van der Waals surface area contributed by atoms with Gasteiger partial charge in [0.05, 0.1) is 32.3 Å². The number of carbonyl (C=O) groups excluding carboxylic acids is 1. The van der Waals surface area contributed by atoms with E-state index in [4.69, 9.17) is 55.9 Å². The molecule has 0 aliphatic carbocycles. The third kappa shape index (κ3) is 3.70. The van der Waals surface area contributed by atoms with E-state index < -0.39 is 11.6 Å². The van der Waals surface area contributed by atoms with Crippen LogP contribution in [0, 0.1) is 6.92 Å². The predicted octanol–water partition coefficient (Wildman–Crippen LogP) is 8.51. The number of halogens is 4. The van der Waals surface area contributed by atoms with Gasteiger partial charge in [-0.05, 0) is 39.0 Å². The molecule has 1 aliphatic heterocycles. The Morgan fingerprint density at radius 2 is 1.63 bits per heavy atom. The number of hydrogen-bond donors (Lipinski definition) is 0. The van der Waals surface area contributed by atoms with Crippen LogP contribution in [0.3, 0.4) is 0 Å². The molecule has 0 spiro atoms. The number of benzene rings is 3. The zero-order chi connectivity index (χ0) is 27.5. The van der Waals surface area contributed by atoms with Crippen LogP contribution in [0.2, 0.25) is 20.1 Å². The molecule has 0 saturated heterocycles. The molecule has 0 amide bonds. The summed E-state index contributed by atoms with van der Waals surface area (Å²) in [5, 5.41) is 1.08. The Kier molecular flexibility index (Phi) is 7.02. The molecule has 1 aliphatic rings. The number of fused-ring (bicyclic) bond motifs is 2. The second-order valence-electron chi connectivity index (χ2n) is 9.31. The largest absolute Gasteiger partial charge is 0.493 e. The van der Waals surface area contributed by atoms with Gasteiger partial charge in [-0.2, -0.15) is 0 Å². The first-order valence-electron chi connectivity index (χ1n) is 12.2. The third-order valence-corrected chi connectivity index (χ3v) is 8.93. The van der Waals surface area contributed by atoms with E-state index >= 15 is 0 Å². The summed E-state index contributed by atoms with van der Waals surface area (Å²) in [5.74, 6) is -0.0947. The normalized spacial score (nSPS) is 16.6. The summed E-state index contributed by atoms with van der Waals surface area (Å²) in [6, 6.07) is 13.8. The molecule has 9 heteroatoms. The van der Waals surface area contributed by atoms with Gasteiger partial charge in [-0.15, -0.1) is 0 Å². The molecule has 0 fully saturated rings. The van der Waals surface area contributed by atoms with Crippen LogP contribution in [0.1, 0.15) is 46.6 Å². The Bertz CT molecular complexity index is 1610. The smallest absolute Gasteiger partial charge is 0.341 e. The first-order chi connectivity index (χ1) is 18.1. The van der Waals surface area contributed by atoms with Gasteiger partial charge in [0.2, 0.25) is 0 Å². The molecule has 38 heavy (non-hydrogen) atoms. The first-order valence-corrected chi connectivity index (χ1v) is 13.7. The van der Waals surface area contributed by atoms with E-state index in [1.807, 2.05) is 75.3 Å². The maximum atomic E-state index is 13.7. The number of cyclic esters (lactones) is 1. The molecule has 5 rings (SSSR count). The van der Waals surface area contributed by atoms with Crippen molar-refractivity contribution in [3.05, 3.63) is 90.5 Å². The molecular formula is C29H26Cl4N2O3. The fraction of sp³-hybridized carbons (Fsp3) is 0.276. The monoisotopic (exact) mass is 590 g/mol. The van der Waals surface area contributed by atoms with E-state index in [2.05, 4.69) is 11.5 Å². The molecule has 0 saturated carbocycles. The number of ether oxygens (including phenoxy) is 2. The van der Waals surface area contributed by atoms with Crippen LogP contribution in [0.15, 0.2) is 42.5 Å². The third-order valence-electron chi connectivity index (χ3n) is 7.13. The van der Waals surface area contributed by atoms with Gasteiger partial charge in [-0.3, -0.25) is 0 Å². The van der Waals surface area contributed by atoms with Crippen molar-refractivity contribution >= 4 is 69.0 Å². The molecule has 0 bridgehead atoms. The fourth-order valence-electron chi connectivity index (χ4n) is 5.53. The highest BCUT2D eigenvalue weighted by Gasteiger charge is 2.55. The van der Waals surface area contributed by atoms with Crippen molar-refractivity contribution in [3.8, 4) is 5.75 Å². The first kappa shape index (κ1) is 27.0. The van der Waals surface area contributed by atoms with Crippen LogP contribution in [0.25, 0.3) is 10.9 Å². The number of nitrogens with zero attached hydrogens (tertiary/aromatic N) is 2. The second-order valence-corrected chi connectivity index (χ2v) is 10.8. The van der Waals surface area contributed by atoms with Crippen LogP contribution in [-0.4, -0.2) is 31.2 Å². The lowest BCUT2D eigenvalue weighted by atomic mass is 9.78. The minimum absolute atomic E-state index is 0.00250. The molecular weight excluding hydrogens is 566 g/mol. The van der Waals surface area contributed by atoms with Gasteiger partial charge in [0, 0.05) is 65.7 Å². The molecule has 1 unspecified atom stereocenters. The molecule has 198 valence electrons. The summed E-state index contributed by atoms with van der Waals surface area (Å²) in [6.07, 6.45) is 0. The fourth-order valence-corrected chi connectivity index (χ4v) is 6.60. The molecule has 3 aromatic carbocycles. The van der Waals surface area contributed by atoms with Crippen LogP contribution in [0.5, 0.6) is 5.75 Å². The maximum absolute atomic E-state index is 13.7. The van der Waals surface area contributed by atoms with Gasteiger partial charge < -0.3 is 18.9 Å². The highest BCUT2D eigenvalue weighted by atomic mass is 35.5. The maximum Gasteiger partial charge on any atom is 0.341 e. The van der Waals surface area contributed by atoms with E-state index in [0.29, 0.717) is 30.0 Å². The van der Waals surface area contributed by atoms with Crippen molar-refractivity contribution in [2.75, 3.05) is 25.6 Å². The number of esters is 1. The van der Waals surface area contributed by atoms with Gasteiger partial charge in [-0.1, -0.05) is 64.6 Å². The molecule has 1 aromatic heterocycles. The number of aromatic nitrogens is 1. The molecule has 1 atom stereocenters. The van der Waals surface area contributed by atoms with Gasteiger partial charge in [0.15, 0.2) is 5.60 Å². The lowest BCUT2D eigenvalue weighted by Crippen LogP contribution is -2.32. The van der Waals surface area contributed by atoms with E-state index in [1.54, 1.807) is 0 Å². The molecule has 5 nitrogen and oxygen atoms in total. The Balaban J connectivity index is 2.03. The van der Waals surface area contributed by atoms with Crippen molar-refractivity contribution in [1.29, 1.82) is 0 Å². The topological polar surface area (TPSA) is 43.7 Å². The molecule has 0 radical (unpaired) electrons. The number of para-hydroxylation sites is 1. The van der Waals surface area contributed by atoms with Crippen molar-refractivity contribution in [1.82, 2.24) is 4.57 Å². The lowest BCUT2D eigenvalue weighted by Gasteiger charge is -2.33. The molecule has 2 heterocycles. The van der Waals surface area contributed by atoms with Crippen molar-refractivity contribution < 1.29 is 14.3 Å². The SMILES string of the molecule is CCOc1cc(N(C)C)ccc1C1(c2c(C)n(CC)c3ccccc23)OC(=O)c2c(Cl)c(Cl)c(Cl)c(Cl)c21. The standard InChI is InChI=1S/C29H26Cl4N2O3/c1-6-35-15(3)22(17-10-8-9-11-19(17)35)29(18-13-12-16(34(4)5)14-20(18)37-7-2)23-21(28(36)38-29)24(30)26(32)27(33)25(23)31/h8-14H,6-7H2,1-5H3. The summed E-state index contributed by atoms with van der Waals surface area (Å²) in [6.45, 7) is 7.09.